The third-order valence-electron chi connectivity index (χ3n) is 8.73. The Kier molecular flexibility index (Phi) is 17.5. The molecule has 0 aromatic carbocycles. The van der Waals surface area contributed by atoms with E-state index < -0.39 is 50.0 Å². The van der Waals surface area contributed by atoms with E-state index in [1.165, 1.54) is 104 Å². The van der Waals surface area contributed by atoms with E-state index in [0.29, 0.717) is 6.61 Å². The molecule has 2 rings (SSSR count). The van der Waals surface area contributed by atoms with Crippen LogP contribution < -0.4 is 0 Å². The Bertz CT molecular complexity index is 501. The van der Waals surface area contributed by atoms with E-state index in [4.69, 9.17) is 15.6 Å². The van der Waals surface area contributed by atoms with Crippen LogP contribution >= 0.6 is 0 Å². The first-order chi connectivity index (χ1) is 17.9. The van der Waals surface area contributed by atoms with E-state index in [2.05, 4.69) is 41.5 Å². The van der Waals surface area contributed by atoms with Crippen LogP contribution in [0.2, 0.25) is 26.6 Å². The number of hydrogen-bond donors (Lipinski definition) is 1. The number of hydrogen-bond acceptors (Lipinski definition) is 5. The molecule has 0 unspecified atom stereocenters. The molecule has 5 nitrogen and oxygen atoms in total. The monoisotopic (exact) mass is 742 g/mol. The number of fused-ring (bicyclic) bond motifs is 2. The van der Waals surface area contributed by atoms with Crippen molar-refractivity contribution < 1.29 is 20.7 Å². The predicted octanol–water partition coefficient (Wildman–Crippen LogP) is 8.56. The maximum atomic E-state index is 11.9. The van der Waals surface area contributed by atoms with Crippen molar-refractivity contribution in [3.63, 3.8) is 0 Å². The van der Waals surface area contributed by atoms with Crippen LogP contribution in [0.3, 0.4) is 0 Å². The van der Waals surface area contributed by atoms with Crippen molar-refractivity contribution in [2.45, 2.75) is 176 Å². The van der Waals surface area contributed by atoms with Gasteiger partial charge in [-0.25, -0.2) is 0 Å². The molecule has 2 aliphatic heterocycles. The molecular weight excluding hydrogens is 678 g/mol. The summed E-state index contributed by atoms with van der Waals surface area (Å²) in [5.41, 5.74) is 0. The second-order valence-corrected chi connectivity index (χ2v) is 35.4. The number of ether oxygens (including phenoxy) is 2. The van der Waals surface area contributed by atoms with Crippen molar-refractivity contribution in [2.24, 2.45) is 0 Å². The zero-order valence-corrected chi connectivity index (χ0v) is 31.1. The summed E-state index contributed by atoms with van der Waals surface area (Å²) in [7, 11) is 0. The third-order valence-corrected chi connectivity index (χ3v) is 34.8. The molecule has 2 saturated heterocycles. The molecule has 2 fully saturated rings. The first kappa shape index (κ1) is 34.6. The molecule has 2 heterocycles. The fourth-order valence-corrected chi connectivity index (χ4v) is 34.5. The van der Waals surface area contributed by atoms with Crippen molar-refractivity contribution in [2.75, 3.05) is 6.61 Å². The fourth-order valence-electron chi connectivity index (χ4n) is 6.30. The van der Waals surface area contributed by atoms with Crippen molar-refractivity contribution in [3.05, 3.63) is 0 Å². The van der Waals surface area contributed by atoms with Gasteiger partial charge in [-0.1, -0.05) is 0 Å². The Morgan fingerprint density at radius 1 is 0.595 bits per heavy atom. The molecule has 0 aromatic rings. The van der Waals surface area contributed by atoms with Gasteiger partial charge in [0.05, 0.1) is 0 Å². The van der Waals surface area contributed by atoms with Gasteiger partial charge in [0, 0.05) is 0 Å². The van der Waals surface area contributed by atoms with Crippen LogP contribution in [0, 0.1) is 0 Å². The van der Waals surface area contributed by atoms with Gasteiger partial charge in [-0.15, -0.1) is 0 Å². The topological polar surface area (TPSA) is 57.2 Å². The average molecular weight is 740 g/mol. The van der Waals surface area contributed by atoms with Gasteiger partial charge in [0.15, 0.2) is 0 Å². The first-order valence-electron chi connectivity index (χ1n) is 16.2. The number of rotatable bonds is 22. The molecular formula is C30H62O5Sn2. The molecule has 220 valence electrons. The first-order valence-corrected chi connectivity index (χ1v) is 30.7. The van der Waals surface area contributed by atoms with Crippen LogP contribution in [-0.2, 0) is 15.6 Å². The minimum absolute atomic E-state index is 0.146. The predicted molar refractivity (Wildman–Crippen MR) is 160 cm³/mol. The summed E-state index contributed by atoms with van der Waals surface area (Å²) in [6, 6.07) is 0. The number of aliphatic hydroxyl groups excluding tert-OH is 1. The normalized spacial score (nSPS) is 26.2. The Balaban J connectivity index is 2.32. The average Bonchev–Trinajstić information content (AvgIpc) is 3.36. The second-order valence-electron chi connectivity index (χ2n) is 12.0. The molecule has 0 aromatic heterocycles. The third kappa shape index (κ3) is 10.6. The molecule has 2 bridgehead atoms. The van der Waals surface area contributed by atoms with Crippen LogP contribution in [0.1, 0.15) is 119 Å². The van der Waals surface area contributed by atoms with Gasteiger partial charge in [0.1, 0.15) is 0 Å². The summed E-state index contributed by atoms with van der Waals surface area (Å²) < 4.78 is 34.8. The van der Waals surface area contributed by atoms with E-state index in [1.807, 2.05) is 0 Å². The SMILES string of the molecule is CCC[CH2][Sn]([CH2]CCC)([CH2]CCC)[O][C@@H]1[C@H](O)[C@@H]([O][Sn]([CH2]CCC)([CH2]CCC)[CH2]CCC)[C@@H]2OC[C@H]1O2. The van der Waals surface area contributed by atoms with Crippen LogP contribution in [-0.4, -0.2) is 80.0 Å². The van der Waals surface area contributed by atoms with E-state index in [9.17, 15) is 5.11 Å². The Labute approximate surface area is 239 Å². The van der Waals surface area contributed by atoms with Gasteiger partial charge < -0.3 is 0 Å². The van der Waals surface area contributed by atoms with Gasteiger partial charge in [-0.3, -0.25) is 0 Å². The standard InChI is InChI=1S/C6H8O5.6C4H9.2Sn/c7-3-2-1-10-6(11-2)5(9)4(3)8;6*1-3-4-2;;/h2-6,8H,1H2;6*1,3-4H2,2H3;;/q-2;;;;;;;2*+1/t2-,3+,4+,5-,6-;;;;;;;;/m1......../s1. The fraction of sp³-hybridized carbons (Fsp3) is 1.00. The number of unbranched alkanes of at least 4 members (excludes halogenated alkanes) is 6. The Morgan fingerprint density at radius 3 is 1.30 bits per heavy atom. The van der Waals surface area contributed by atoms with E-state index >= 15 is 0 Å². The van der Waals surface area contributed by atoms with E-state index in [1.54, 1.807) is 0 Å². The summed E-state index contributed by atoms with van der Waals surface area (Å²) >= 11 is -5.91. The van der Waals surface area contributed by atoms with Crippen molar-refractivity contribution >= 4 is 37.6 Å². The molecule has 0 spiro atoms. The zero-order valence-electron chi connectivity index (χ0n) is 25.4. The molecule has 0 radical (unpaired) electrons. The van der Waals surface area contributed by atoms with Gasteiger partial charge in [0.25, 0.3) is 0 Å². The molecule has 1 N–H and O–H groups in total. The van der Waals surface area contributed by atoms with E-state index in [0.717, 1.165) is 0 Å². The van der Waals surface area contributed by atoms with Gasteiger partial charge in [0.2, 0.25) is 0 Å². The van der Waals surface area contributed by atoms with Crippen LogP contribution in [0.5, 0.6) is 0 Å². The van der Waals surface area contributed by atoms with Gasteiger partial charge >= 0.3 is 241 Å². The molecule has 0 amide bonds. The van der Waals surface area contributed by atoms with Crippen molar-refractivity contribution in [3.8, 4) is 0 Å². The minimum atomic E-state index is -2.97. The Hall–Kier alpha value is 1.40. The molecule has 5 atom stereocenters. The summed E-state index contributed by atoms with van der Waals surface area (Å²) in [5.74, 6) is 0. The van der Waals surface area contributed by atoms with Crippen molar-refractivity contribution in [1.29, 1.82) is 0 Å². The molecule has 7 heteroatoms. The Morgan fingerprint density at radius 2 is 0.946 bits per heavy atom. The van der Waals surface area contributed by atoms with Crippen molar-refractivity contribution in [1.82, 2.24) is 0 Å². The summed E-state index contributed by atoms with van der Waals surface area (Å²) in [6.45, 7) is 14.3. The molecule has 37 heavy (non-hydrogen) atoms. The number of aliphatic hydroxyl groups is 1. The molecule has 0 saturated carbocycles. The zero-order chi connectivity index (χ0) is 27.2. The summed E-state index contributed by atoms with van der Waals surface area (Å²) in [4.78, 5) is 0. The van der Waals surface area contributed by atoms with Crippen LogP contribution in [0.4, 0.5) is 0 Å². The summed E-state index contributed by atoms with van der Waals surface area (Å²) in [5, 5.41) is 11.9. The maximum absolute atomic E-state index is 11.9. The van der Waals surface area contributed by atoms with E-state index in [-0.39, 0.29) is 18.3 Å². The van der Waals surface area contributed by atoms with Crippen LogP contribution in [0.15, 0.2) is 0 Å². The van der Waals surface area contributed by atoms with Crippen LogP contribution in [0.25, 0.3) is 0 Å². The quantitative estimate of drug-likeness (QED) is 0.113. The second kappa shape index (κ2) is 18.8. The summed E-state index contributed by atoms with van der Waals surface area (Å²) in [6.07, 6.45) is 12.9. The molecule has 2 aliphatic rings. The van der Waals surface area contributed by atoms with Gasteiger partial charge in [-0.2, -0.15) is 0 Å². The van der Waals surface area contributed by atoms with Gasteiger partial charge in [-0.05, 0) is 0 Å². The molecule has 0 aliphatic carbocycles.